The zero-order chi connectivity index (χ0) is 14.2. The summed E-state index contributed by atoms with van der Waals surface area (Å²) < 4.78 is 0. The molecular formula is C20H22SiTi-4. The van der Waals surface area contributed by atoms with E-state index in [0.717, 1.165) is 12.8 Å². The van der Waals surface area contributed by atoms with Crippen LogP contribution in [0.1, 0.15) is 17.5 Å². The molecule has 4 rings (SSSR count). The molecule has 0 fully saturated rings. The summed E-state index contributed by atoms with van der Waals surface area (Å²) >= 11 is 2.03. The second kappa shape index (κ2) is 11.4. The minimum Gasteiger partial charge on any atom is -0.179 e. The Kier molecular flexibility index (Phi) is 10.8. The van der Waals surface area contributed by atoms with Gasteiger partial charge in [-0.2, -0.15) is 35.9 Å². The molecule has 0 heterocycles. The Labute approximate surface area is 149 Å². The molecule has 0 saturated heterocycles. The Hall–Kier alpha value is -1.15. The molecule has 0 saturated carbocycles. The molecule has 22 heavy (non-hydrogen) atoms. The van der Waals surface area contributed by atoms with Crippen LogP contribution < -0.4 is 0 Å². The third-order valence-corrected chi connectivity index (χ3v) is 3.20. The van der Waals surface area contributed by atoms with E-state index in [2.05, 4.69) is 54.6 Å². The van der Waals surface area contributed by atoms with Crippen LogP contribution in [0.25, 0.3) is 11.1 Å². The zero-order valence-electron chi connectivity index (χ0n) is 13.4. The van der Waals surface area contributed by atoms with E-state index in [4.69, 9.17) is 0 Å². The molecule has 2 aliphatic carbocycles. The van der Waals surface area contributed by atoms with Crippen molar-refractivity contribution >= 4 is 7.63 Å². The van der Waals surface area contributed by atoms with Crippen molar-refractivity contribution in [1.29, 1.82) is 0 Å². The van der Waals surface area contributed by atoms with Crippen LogP contribution >= 0.6 is 0 Å². The van der Waals surface area contributed by atoms with Gasteiger partial charge in [-0.1, -0.05) is 35.4 Å². The van der Waals surface area contributed by atoms with Crippen LogP contribution in [0.2, 0.25) is 0 Å². The second-order valence-corrected chi connectivity index (χ2v) is 4.40. The average Bonchev–Trinajstić information content (AvgIpc) is 3.20. The Morgan fingerprint density at radius 2 is 1.68 bits per heavy atom. The fourth-order valence-electron chi connectivity index (χ4n) is 2.34. The van der Waals surface area contributed by atoms with E-state index < -0.39 is 0 Å². The fraction of sp³-hybridized carbons (Fsp3) is 0.100. The summed E-state index contributed by atoms with van der Waals surface area (Å²) in [7, 11) is 1.86. The Morgan fingerprint density at radius 3 is 2.32 bits per heavy atom. The van der Waals surface area contributed by atoms with Crippen molar-refractivity contribution in [3.8, 4) is 11.1 Å². The van der Waals surface area contributed by atoms with Gasteiger partial charge in [0.25, 0.3) is 0 Å². The van der Waals surface area contributed by atoms with E-state index in [1.165, 1.54) is 22.3 Å². The van der Waals surface area contributed by atoms with Crippen molar-refractivity contribution in [1.82, 2.24) is 0 Å². The Morgan fingerprint density at radius 1 is 0.955 bits per heavy atom. The van der Waals surface area contributed by atoms with Gasteiger partial charge in [0.15, 0.2) is 0 Å². The first kappa shape index (κ1) is 20.9. The zero-order valence-corrected chi connectivity index (χ0v) is 16.4. The maximum atomic E-state index is 3.30. The Bertz CT molecular complexity index is 576. The quantitative estimate of drug-likeness (QED) is 0.422. The summed E-state index contributed by atoms with van der Waals surface area (Å²) in [5.74, 6) is 0. The minimum absolute atomic E-state index is 0. The first-order valence-corrected chi connectivity index (χ1v) is 10.6. The summed E-state index contributed by atoms with van der Waals surface area (Å²) in [5, 5.41) is 0. The first-order valence-electron chi connectivity index (χ1n) is 6.60. The van der Waals surface area contributed by atoms with Gasteiger partial charge in [-0.15, -0.1) is 12.0 Å². The molecule has 0 atom stereocenters. The van der Waals surface area contributed by atoms with Gasteiger partial charge in [-0.25, -0.2) is 12.2 Å². The van der Waals surface area contributed by atoms with Crippen LogP contribution in [0, 0.1) is 27.0 Å². The first-order chi connectivity index (χ1) is 9.95. The molecule has 114 valence electrons. The van der Waals surface area contributed by atoms with Crippen LogP contribution in [0.4, 0.5) is 0 Å². The molecule has 0 radical (unpaired) electrons. The van der Waals surface area contributed by atoms with Gasteiger partial charge < -0.3 is 14.9 Å². The molecule has 0 N–H and O–H groups in total. The van der Waals surface area contributed by atoms with Crippen molar-refractivity contribution in [3.05, 3.63) is 98.8 Å². The molecule has 0 unspecified atom stereocenters. The molecule has 0 nitrogen and oxygen atoms in total. The standard InChI is InChI=1S/C13H9.C5H5.2CH3.H2Si.Ti/c1-3-7-12-10(5-1)9-11-6-2-4-8-13(11)12;1-2-4-5-3-1;;;;/h1-5,7-8H,9H2;1-3H,4H2;2*1H3;1H2;/q4*-1;;. The predicted molar refractivity (Wildman–Crippen MR) is 96.5 cm³/mol. The maximum absolute atomic E-state index is 3.30. The summed E-state index contributed by atoms with van der Waals surface area (Å²) in [6, 6.07) is 18.1. The van der Waals surface area contributed by atoms with E-state index in [-0.39, 0.29) is 14.9 Å². The molecule has 2 aromatic carbocycles. The van der Waals surface area contributed by atoms with Gasteiger partial charge in [-0.3, -0.25) is 6.08 Å². The van der Waals surface area contributed by atoms with Crippen molar-refractivity contribution in [3.63, 3.8) is 0 Å². The number of hydrogen-bond acceptors (Lipinski definition) is 0. The van der Waals surface area contributed by atoms with Crippen LogP contribution in [0.15, 0.2) is 60.7 Å². The monoisotopic (exact) mass is 338 g/mol. The van der Waals surface area contributed by atoms with Crippen molar-refractivity contribution in [2.24, 2.45) is 0 Å². The molecule has 2 aliphatic rings. The van der Waals surface area contributed by atoms with Gasteiger partial charge in [0.05, 0.1) is 0 Å². The van der Waals surface area contributed by atoms with Gasteiger partial charge in [0, 0.05) is 0 Å². The van der Waals surface area contributed by atoms with Crippen LogP contribution in [0.5, 0.6) is 0 Å². The average molecular weight is 338 g/mol. The molecule has 2 heteroatoms. The normalized spacial score (nSPS) is 11.4. The van der Waals surface area contributed by atoms with E-state index >= 15 is 0 Å². The summed E-state index contributed by atoms with van der Waals surface area (Å²) in [5.41, 5.74) is 5.51. The predicted octanol–water partition coefficient (Wildman–Crippen LogP) is 4.35. The van der Waals surface area contributed by atoms with Crippen LogP contribution in [-0.2, 0) is 25.6 Å². The number of rotatable bonds is 0. The molecule has 0 amide bonds. The van der Waals surface area contributed by atoms with E-state index in [1.807, 2.05) is 45.0 Å². The topological polar surface area (TPSA) is 0 Å². The van der Waals surface area contributed by atoms with Crippen molar-refractivity contribution in [2.75, 3.05) is 0 Å². The molecular weight excluding hydrogens is 316 g/mol. The third-order valence-electron chi connectivity index (χ3n) is 3.20. The van der Waals surface area contributed by atoms with Crippen molar-refractivity contribution in [2.45, 2.75) is 12.8 Å². The van der Waals surface area contributed by atoms with Gasteiger partial charge >= 0.3 is 26.8 Å². The van der Waals surface area contributed by atoms with Crippen molar-refractivity contribution < 1.29 is 19.2 Å². The summed E-state index contributed by atoms with van der Waals surface area (Å²) in [4.78, 5) is 0. The third kappa shape index (κ3) is 5.24. The van der Waals surface area contributed by atoms with Gasteiger partial charge in [0.2, 0.25) is 0 Å². The van der Waals surface area contributed by atoms with Gasteiger partial charge in [-0.05, 0) is 6.42 Å². The van der Waals surface area contributed by atoms with Crippen LogP contribution in [-0.4, -0.2) is 7.63 Å². The number of fused-ring (bicyclic) bond motifs is 3. The summed E-state index contributed by atoms with van der Waals surface area (Å²) in [6.07, 6.45) is 11.0. The van der Waals surface area contributed by atoms with E-state index in [1.54, 1.807) is 0 Å². The smallest absolute Gasteiger partial charge is 0.0253 e. The number of benzene rings is 2. The Balaban J connectivity index is 0.000000422. The largest absolute Gasteiger partial charge is 0.179 e. The van der Waals surface area contributed by atoms with E-state index in [9.17, 15) is 0 Å². The number of hydrogen-bond donors (Lipinski definition) is 0. The molecule has 0 aromatic heterocycles. The second-order valence-electron chi connectivity index (χ2n) is 4.40. The van der Waals surface area contributed by atoms with Gasteiger partial charge in [0.1, 0.15) is 0 Å². The van der Waals surface area contributed by atoms with Crippen LogP contribution in [0.3, 0.4) is 0 Å². The maximum Gasteiger partial charge on any atom is -0.0253 e. The SMILES string of the molecule is [C-]1=CC=CC1.[CH3-].[CH3-].[SiH2]=[Ti].[c-]1cccc2c1Cc1ccccc1-2. The molecule has 0 bridgehead atoms. The fourth-order valence-corrected chi connectivity index (χ4v) is 2.34. The van der Waals surface area contributed by atoms with E-state index in [0.29, 0.717) is 0 Å². The summed E-state index contributed by atoms with van der Waals surface area (Å²) in [6.45, 7) is 0. The molecule has 0 spiro atoms. The number of allylic oxidation sites excluding steroid dienone is 4. The molecule has 2 aromatic rings. The molecule has 0 aliphatic heterocycles. The minimum atomic E-state index is 0.